The Morgan fingerprint density at radius 3 is 2.40 bits per heavy atom. The lowest BCUT2D eigenvalue weighted by Crippen LogP contribution is -2.27. The van der Waals surface area contributed by atoms with Gasteiger partial charge in [-0.25, -0.2) is 18.1 Å². The normalized spacial score (nSPS) is 12.9. The molecule has 0 fully saturated rings. The van der Waals surface area contributed by atoms with Gasteiger partial charge in [-0.2, -0.15) is 0 Å². The molecule has 0 bridgehead atoms. The summed E-state index contributed by atoms with van der Waals surface area (Å²) in [6, 6.07) is 6.34. The van der Waals surface area contributed by atoms with Crippen LogP contribution in [0.3, 0.4) is 0 Å². The van der Waals surface area contributed by atoms with Crippen molar-refractivity contribution in [3.63, 3.8) is 0 Å². The van der Waals surface area contributed by atoms with Gasteiger partial charge >= 0.3 is 0 Å². The third kappa shape index (κ3) is 3.31. The quantitative estimate of drug-likeness (QED) is 0.873. The zero-order valence-electron chi connectivity index (χ0n) is 11.2. The first-order valence-corrected chi connectivity index (χ1v) is 7.57. The van der Waals surface area contributed by atoms with E-state index in [1.807, 2.05) is 0 Å². The Bertz CT molecular complexity index is 657. The van der Waals surface area contributed by atoms with E-state index < -0.39 is 10.0 Å². The van der Waals surface area contributed by atoms with E-state index in [9.17, 15) is 8.42 Å². The van der Waals surface area contributed by atoms with Crippen molar-refractivity contribution < 1.29 is 8.42 Å². The van der Waals surface area contributed by atoms with Crippen LogP contribution in [-0.2, 0) is 10.0 Å². The number of sulfonamides is 1. The largest absolute Gasteiger partial charge is 0.373 e. The highest BCUT2D eigenvalue weighted by Gasteiger charge is 2.18. The molecule has 2 N–H and O–H groups in total. The molecule has 1 atom stereocenters. The molecule has 0 amide bonds. The Balaban J connectivity index is 2.18. The summed E-state index contributed by atoms with van der Waals surface area (Å²) in [7, 11) is -1.87. The van der Waals surface area contributed by atoms with Gasteiger partial charge in [0.25, 0.3) is 0 Å². The second kappa shape index (κ2) is 5.98. The fourth-order valence-electron chi connectivity index (χ4n) is 1.71. The molecular weight excluding hydrogens is 276 g/mol. The van der Waals surface area contributed by atoms with Gasteiger partial charge in [0, 0.05) is 31.7 Å². The summed E-state index contributed by atoms with van der Waals surface area (Å²) in [5.74, 6) is 0.617. The molecule has 2 heterocycles. The molecule has 2 aromatic rings. The molecule has 2 rings (SSSR count). The van der Waals surface area contributed by atoms with Crippen molar-refractivity contribution in [2.24, 2.45) is 0 Å². The number of rotatable bonds is 5. The van der Waals surface area contributed by atoms with E-state index in [4.69, 9.17) is 0 Å². The third-order valence-electron chi connectivity index (χ3n) is 2.84. The van der Waals surface area contributed by atoms with Crippen molar-refractivity contribution in [2.75, 3.05) is 12.4 Å². The Labute approximate surface area is 118 Å². The zero-order valence-corrected chi connectivity index (χ0v) is 12.1. The summed E-state index contributed by atoms with van der Waals surface area (Å²) in [5.41, 5.74) is 0.850. The lowest BCUT2D eigenvalue weighted by atomic mass is 10.1. The van der Waals surface area contributed by atoms with Gasteiger partial charge in [0.2, 0.25) is 10.0 Å². The Hall–Kier alpha value is -1.99. The van der Waals surface area contributed by atoms with E-state index in [0.29, 0.717) is 5.82 Å². The monoisotopic (exact) mass is 292 g/mol. The first-order chi connectivity index (χ1) is 9.53. The van der Waals surface area contributed by atoms with Crippen LogP contribution in [0.25, 0.3) is 0 Å². The number of aromatic nitrogens is 2. The minimum absolute atomic E-state index is 0.136. The van der Waals surface area contributed by atoms with Gasteiger partial charge < -0.3 is 5.32 Å². The van der Waals surface area contributed by atoms with Crippen LogP contribution >= 0.6 is 0 Å². The van der Waals surface area contributed by atoms with Crippen LogP contribution in [0.5, 0.6) is 0 Å². The average Bonchev–Trinajstić information content (AvgIpc) is 2.48. The smallest absolute Gasteiger partial charge is 0.242 e. The molecule has 0 aliphatic rings. The average molecular weight is 292 g/mol. The van der Waals surface area contributed by atoms with Crippen LogP contribution in [-0.4, -0.2) is 25.4 Å². The summed E-state index contributed by atoms with van der Waals surface area (Å²) < 4.78 is 27.1. The minimum Gasteiger partial charge on any atom is -0.373 e. The minimum atomic E-state index is -3.59. The summed E-state index contributed by atoms with van der Waals surface area (Å²) >= 11 is 0. The fraction of sp³-hybridized carbons (Fsp3) is 0.231. The molecular formula is C13H16N4O2S. The van der Waals surface area contributed by atoms with Gasteiger partial charge in [0.05, 0.1) is 0 Å². The number of hydrogen-bond acceptors (Lipinski definition) is 5. The number of pyridine rings is 2. The molecule has 0 aromatic carbocycles. The fourth-order valence-corrected chi connectivity index (χ4v) is 2.88. The number of nitrogens with one attached hydrogen (secondary N) is 2. The maximum atomic E-state index is 12.2. The van der Waals surface area contributed by atoms with Gasteiger partial charge in [-0.15, -0.1) is 0 Å². The summed E-state index contributed by atoms with van der Waals surface area (Å²) in [5, 5.41) is 2.84. The summed E-state index contributed by atoms with van der Waals surface area (Å²) in [6.07, 6.45) is 4.58. The summed E-state index contributed by atoms with van der Waals surface area (Å²) in [4.78, 5) is 8.05. The van der Waals surface area contributed by atoms with Crippen molar-refractivity contribution in [3.8, 4) is 0 Å². The Morgan fingerprint density at radius 1 is 1.15 bits per heavy atom. The molecule has 0 spiro atoms. The molecule has 1 unspecified atom stereocenters. The van der Waals surface area contributed by atoms with E-state index in [-0.39, 0.29) is 10.9 Å². The standard InChI is InChI=1S/C13H16N4O2S/c1-10(11-5-7-15-8-6-11)17-20(18,19)12-3-4-13(14-2)16-9-12/h3-10,17H,1-2H3,(H,14,16). The molecule has 0 saturated carbocycles. The maximum absolute atomic E-state index is 12.2. The molecule has 7 heteroatoms. The molecule has 106 valence electrons. The Morgan fingerprint density at radius 2 is 1.85 bits per heavy atom. The van der Waals surface area contributed by atoms with Gasteiger partial charge in [0.1, 0.15) is 10.7 Å². The first-order valence-electron chi connectivity index (χ1n) is 6.09. The van der Waals surface area contributed by atoms with Crippen LogP contribution in [0.2, 0.25) is 0 Å². The molecule has 6 nitrogen and oxygen atoms in total. The van der Waals surface area contributed by atoms with Crippen LogP contribution in [0.1, 0.15) is 18.5 Å². The predicted molar refractivity (Wildman–Crippen MR) is 76.8 cm³/mol. The summed E-state index contributed by atoms with van der Waals surface area (Å²) in [6.45, 7) is 1.78. The predicted octanol–water partition coefficient (Wildman–Crippen LogP) is 1.56. The van der Waals surface area contributed by atoms with Crippen LogP contribution < -0.4 is 10.0 Å². The van der Waals surface area contributed by atoms with Crippen molar-refractivity contribution in [2.45, 2.75) is 17.9 Å². The highest BCUT2D eigenvalue weighted by molar-refractivity contribution is 7.89. The molecule has 2 aromatic heterocycles. The van der Waals surface area contributed by atoms with E-state index >= 15 is 0 Å². The second-order valence-electron chi connectivity index (χ2n) is 4.25. The van der Waals surface area contributed by atoms with Crippen molar-refractivity contribution in [3.05, 3.63) is 48.4 Å². The van der Waals surface area contributed by atoms with Crippen LogP contribution in [0, 0.1) is 0 Å². The molecule has 20 heavy (non-hydrogen) atoms. The van der Waals surface area contributed by atoms with Gasteiger partial charge in [-0.05, 0) is 36.8 Å². The van der Waals surface area contributed by atoms with Gasteiger partial charge in [-0.1, -0.05) is 0 Å². The molecule has 0 saturated heterocycles. The van der Waals surface area contributed by atoms with Crippen molar-refractivity contribution >= 4 is 15.8 Å². The van der Waals surface area contributed by atoms with Crippen molar-refractivity contribution in [1.82, 2.24) is 14.7 Å². The zero-order chi connectivity index (χ0) is 14.6. The number of anilines is 1. The highest BCUT2D eigenvalue weighted by atomic mass is 32.2. The van der Waals surface area contributed by atoms with Crippen LogP contribution in [0.4, 0.5) is 5.82 Å². The Kier molecular flexibility index (Phi) is 4.31. The van der Waals surface area contributed by atoms with Crippen LogP contribution in [0.15, 0.2) is 47.8 Å². The molecule has 0 radical (unpaired) electrons. The number of nitrogens with zero attached hydrogens (tertiary/aromatic N) is 2. The van der Waals surface area contributed by atoms with Crippen molar-refractivity contribution in [1.29, 1.82) is 0 Å². The van der Waals surface area contributed by atoms with E-state index in [2.05, 4.69) is 20.0 Å². The van der Waals surface area contributed by atoms with E-state index in [0.717, 1.165) is 5.56 Å². The first kappa shape index (κ1) is 14.4. The molecule has 0 aliphatic carbocycles. The third-order valence-corrected chi connectivity index (χ3v) is 4.37. The van der Waals surface area contributed by atoms with E-state index in [1.54, 1.807) is 44.6 Å². The second-order valence-corrected chi connectivity index (χ2v) is 5.97. The topological polar surface area (TPSA) is 84.0 Å². The van der Waals surface area contributed by atoms with E-state index in [1.165, 1.54) is 12.3 Å². The lowest BCUT2D eigenvalue weighted by Gasteiger charge is -2.14. The van der Waals surface area contributed by atoms with Gasteiger partial charge in [-0.3, -0.25) is 4.98 Å². The number of hydrogen-bond donors (Lipinski definition) is 2. The maximum Gasteiger partial charge on any atom is 0.242 e. The highest BCUT2D eigenvalue weighted by Crippen LogP contribution is 2.16. The lowest BCUT2D eigenvalue weighted by molar-refractivity contribution is 0.566. The SMILES string of the molecule is CNc1ccc(S(=O)(=O)NC(C)c2ccncc2)cn1. The van der Waals surface area contributed by atoms with Gasteiger partial charge in [0.15, 0.2) is 0 Å². The molecule has 0 aliphatic heterocycles.